The molecule has 2 rings (SSSR count). The number of ether oxygens (including phenoxy) is 1. The Morgan fingerprint density at radius 2 is 2.00 bits per heavy atom. The van der Waals surface area contributed by atoms with E-state index in [1.165, 1.54) is 30.2 Å². The Morgan fingerprint density at radius 3 is 2.55 bits per heavy atom. The van der Waals surface area contributed by atoms with Gasteiger partial charge in [0.1, 0.15) is 11.3 Å². The number of primary amides is 1. The van der Waals surface area contributed by atoms with Gasteiger partial charge in [-0.1, -0.05) is 19.3 Å². The second-order valence-corrected chi connectivity index (χ2v) is 5.09. The number of carbonyl (C=O) groups excluding carboxylic acids is 1. The number of aromatic nitrogens is 1. The van der Waals surface area contributed by atoms with Gasteiger partial charge in [0.15, 0.2) is 0 Å². The fourth-order valence-corrected chi connectivity index (χ4v) is 2.67. The zero-order valence-corrected chi connectivity index (χ0v) is 11.6. The highest BCUT2D eigenvalue weighted by atomic mass is 16.5. The van der Waals surface area contributed by atoms with Gasteiger partial charge in [0.25, 0.3) is 0 Å². The molecule has 1 aromatic rings. The van der Waals surface area contributed by atoms with Crippen molar-refractivity contribution in [1.82, 2.24) is 4.57 Å². The van der Waals surface area contributed by atoms with Gasteiger partial charge in [0.05, 0.1) is 7.11 Å². The molecule has 1 amide bonds. The zero-order valence-electron chi connectivity index (χ0n) is 11.6. The molecule has 4 N–H and O–H groups in total. The maximum Gasteiger partial charge on any atom is 0.249 e. The van der Waals surface area contributed by atoms with Crippen molar-refractivity contribution in [2.75, 3.05) is 7.11 Å². The van der Waals surface area contributed by atoms with Crippen LogP contribution in [0.4, 0.5) is 0 Å². The number of hydrogen-bond donors (Lipinski definition) is 3. The number of hydrogen-bond acceptors (Lipinski definition) is 4. The van der Waals surface area contributed by atoms with Crippen LogP contribution in [-0.2, 0) is 0 Å². The normalized spacial score (nSPS) is 15.8. The average Bonchev–Trinajstić information content (AvgIpc) is 2.46. The molecule has 6 heteroatoms. The Kier molecular flexibility index (Phi) is 4.22. The summed E-state index contributed by atoms with van der Waals surface area (Å²) in [4.78, 5) is 11.2. The third-order valence-electron chi connectivity index (χ3n) is 3.76. The summed E-state index contributed by atoms with van der Waals surface area (Å²) in [6, 6.07) is 2.86. The van der Waals surface area contributed by atoms with Crippen LogP contribution in [0.25, 0.3) is 0 Å². The van der Waals surface area contributed by atoms with Gasteiger partial charge in [0.2, 0.25) is 11.8 Å². The molecule has 1 saturated carbocycles. The molecule has 0 atom stereocenters. The summed E-state index contributed by atoms with van der Waals surface area (Å²) >= 11 is 0. The minimum Gasteiger partial charge on any atom is -0.482 e. The lowest BCUT2D eigenvalue weighted by Crippen LogP contribution is -2.34. The van der Waals surface area contributed by atoms with E-state index in [4.69, 9.17) is 21.3 Å². The van der Waals surface area contributed by atoms with E-state index in [1.54, 1.807) is 0 Å². The van der Waals surface area contributed by atoms with Crippen LogP contribution in [0.15, 0.2) is 12.1 Å². The molecule has 1 fully saturated rings. The van der Waals surface area contributed by atoms with Gasteiger partial charge in [-0.3, -0.25) is 20.2 Å². The van der Waals surface area contributed by atoms with Crippen molar-refractivity contribution in [2.45, 2.75) is 32.1 Å². The van der Waals surface area contributed by atoms with Crippen LogP contribution in [0.5, 0.6) is 5.88 Å². The molecule has 1 aromatic heterocycles. The standard InChI is InChI=1S/C14H20N4O2/c1-20-12-8-10(14(17)19)7-11(15)18(12)13(16)9-5-3-2-4-6-9/h7-9,15-16H,2-6H2,1H3,(H2,17,19). The Labute approximate surface area is 117 Å². The van der Waals surface area contributed by atoms with Crippen molar-refractivity contribution in [1.29, 1.82) is 10.8 Å². The molecule has 0 saturated heterocycles. The molecule has 1 aliphatic carbocycles. The highest BCUT2D eigenvalue weighted by molar-refractivity contribution is 5.93. The molecule has 108 valence electrons. The quantitative estimate of drug-likeness (QED) is 0.574. The number of rotatable bonds is 3. The fourth-order valence-electron chi connectivity index (χ4n) is 2.67. The molecule has 0 spiro atoms. The van der Waals surface area contributed by atoms with E-state index in [0.29, 0.717) is 11.7 Å². The smallest absolute Gasteiger partial charge is 0.249 e. The molecule has 0 unspecified atom stereocenters. The molecule has 1 heterocycles. The molecule has 0 bridgehead atoms. The molecular weight excluding hydrogens is 256 g/mol. The number of amides is 1. The lowest BCUT2D eigenvalue weighted by molar-refractivity contribution is 0.0999. The predicted molar refractivity (Wildman–Crippen MR) is 75.1 cm³/mol. The highest BCUT2D eigenvalue weighted by Crippen LogP contribution is 2.26. The predicted octanol–water partition coefficient (Wildman–Crippen LogP) is 1.48. The van der Waals surface area contributed by atoms with Crippen LogP contribution in [0, 0.1) is 16.7 Å². The number of nitrogens with one attached hydrogen (secondary N) is 2. The molecule has 0 radical (unpaired) electrons. The van der Waals surface area contributed by atoms with Crippen LogP contribution in [-0.4, -0.2) is 23.4 Å². The van der Waals surface area contributed by atoms with Gasteiger partial charge in [-0.25, -0.2) is 0 Å². The first-order chi connectivity index (χ1) is 9.54. The van der Waals surface area contributed by atoms with Gasteiger partial charge < -0.3 is 10.5 Å². The topological polar surface area (TPSA) is 105 Å². The van der Waals surface area contributed by atoms with Crippen LogP contribution < -0.4 is 16.0 Å². The van der Waals surface area contributed by atoms with E-state index in [2.05, 4.69) is 0 Å². The second-order valence-electron chi connectivity index (χ2n) is 5.09. The summed E-state index contributed by atoms with van der Waals surface area (Å²) in [7, 11) is 1.46. The maximum absolute atomic E-state index is 11.2. The molecule has 6 nitrogen and oxygen atoms in total. The van der Waals surface area contributed by atoms with E-state index >= 15 is 0 Å². The summed E-state index contributed by atoms with van der Waals surface area (Å²) in [6.07, 6.45) is 5.36. The van der Waals surface area contributed by atoms with Gasteiger partial charge in [-0.05, 0) is 18.9 Å². The molecule has 0 aromatic carbocycles. The summed E-state index contributed by atoms with van der Waals surface area (Å²) in [5.74, 6) is 0.212. The lowest BCUT2D eigenvalue weighted by atomic mass is 9.88. The summed E-state index contributed by atoms with van der Waals surface area (Å²) in [6.45, 7) is 0. The van der Waals surface area contributed by atoms with Crippen LogP contribution in [0.1, 0.15) is 42.5 Å². The Morgan fingerprint density at radius 1 is 1.35 bits per heavy atom. The van der Waals surface area contributed by atoms with Gasteiger partial charge in [-0.15, -0.1) is 0 Å². The SMILES string of the molecule is COc1cc(C(N)=O)cc(=N)n1C(=N)C1CCCCC1. The first kappa shape index (κ1) is 14.3. The van der Waals surface area contributed by atoms with E-state index in [0.717, 1.165) is 25.7 Å². The molecule has 20 heavy (non-hydrogen) atoms. The number of nitrogens with zero attached hydrogens (tertiary/aromatic N) is 1. The summed E-state index contributed by atoms with van der Waals surface area (Å²) in [5, 5.41) is 16.4. The molecule has 0 aliphatic heterocycles. The maximum atomic E-state index is 11.2. The monoisotopic (exact) mass is 276 g/mol. The Hall–Kier alpha value is -2.11. The van der Waals surface area contributed by atoms with E-state index in [-0.39, 0.29) is 17.0 Å². The van der Waals surface area contributed by atoms with E-state index < -0.39 is 5.91 Å². The first-order valence-electron chi connectivity index (χ1n) is 6.79. The van der Waals surface area contributed by atoms with Crippen molar-refractivity contribution in [2.24, 2.45) is 11.7 Å². The Balaban J connectivity index is 2.42. The van der Waals surface area contributed by atoms with E-state index in [1.807, 2.05) is 0 Å². The van der Waals surface area contributed by atoms with Crippen LogP contribution in [0.3, 0.4) is 0 Å². The molecular formula is C14H20N4O2. The van der Waals surface area contributed by atoms with E-state index in [9.17, 15) is 4.79 Å². The lowest BCUT2D eigenvalue weighted by Gasteiger charge is -2.25. The summed E-state index contributed by atoms with van der Waals surface area (Å²) < 4.78 is 6.67. The zero-order chi connectivity index (χ0) is 14.7. The Bertz CT molecular complexity index is 585. The third-order valence-corrected chi connectivity index (χ3v) is 3.76. The number of nitrogens with two attached hydrogens (primary N) is 1. The minimum atomic E-state index is -0.604. The van der Waals surface area contributed by atoms with Crippen molar-refractivity contribution in [3.8, 4) is 5.88 Å². The van der Waals surface area contributed by atoms with Crippen molar-refractivity contribution < 1.29 is 9.53 Å². The second kappa shape index (κ2) is 5.90. The number of methoxy groups -OCH3 is 1. The largest absolute Gasteiger partial charge is 0.482 e. The van der Waals surface area contributed by atoms with Crippen molar-refractivity contribution in [3.05, 3.63) is 23.2 Å². The first-order valence-corrected chi connectivity index (χ1v) is 6.79. The van der Waals surface area contributed by atoms with Gasteiger partial charge >= 0.3 is 0 Å². The average molecular weight is 276 g/mol. The molecule has 1 aliphatic rings. The van der Waals surface area contributed by atoms with Crippen molar-refractivity contribution >= 4 is 11.7 Å². The van der Waals surface area contributed by atoms with Crippen molar-refractivity contribution in [3.63, 3.8) is 0 Å². The summed E-state index contributed by atoms with van der Waals surface area (Å²) in [5.41, 5.74) is 5.51. The fraction of sp³-hybridized carbons (Fsp3) is 0.500. The van der Waals surface area contributed by atoms with Gasteiger partial charge in [0, 0.05) is 17.5 Å². The third kappa shape index (κ3) is 2.74. The van der Waals surface area contributed by atoms with Crippen LogP contribution in [0.2, 0.25) is 0 Å². The van der Waals surface area contributed by atoms with Crippen LogP contribution >= 0.6 is 0 Å². The minimum absolute atomic E-state index is 0.0497. The number of pyridine rings is 1. The highest BCUT2D eigenvalue weighted by Gasteiger charge is 2.22. The van der Waals surface area contributed by atoms with Gasteiger partial charge in [-0.2, -0.15) is 0 Å². The number of carbonyl (C=O) groups is 1.